The van der Waals surface area contributed by atoms with Crippen molar-refractivity contribution in [1.29, 1.82) is 0 Å². The molecule has 0 radical (unpaired) electrons. The third-order valence-corrected chi connectivity index (χ3v) is 6.30. The number of carbonyl (C=O) groups is 2. The van der Waals surface area contributed by atoms with Gasteiger partial charge in [0.25, 0.3) is 0 Å². The van der Waals surface area contributed by atoms with Crippen molar-refractivity contribution in [2.24, 2.45) is 16.8 Å². The smallest absolute Gasteiger partial charge is 0.310 e. The zero-order valence-electron chi connectivity index (χ0n) is 16.2. The molecular weight excluding hydrogens is 364 g/mol. The number of nitrogens with one attached hydrogen (secondary N) is 1. The van der Waals surface area contributed by atoms with Crippen LogP contribution in [0.2, 0.25) is 0 Å². The molecular formula is C19H28N4O3S. The van der Waals surface area contributed by atoms with Gasteiger partial charge in [-0.05, 0) is 36.3 Å². The molecule has 1 amide bonds. The highest BCUT2D eigenvalue weighted by Gasteiger charge is 2.37. The Kier molecular flexibility index (Phi) is 6.36. The summed E-state index contributed by atoms with van der Waals surface area (Å²) >= 11 is 1.77. The van der Waals surface area contributed by atoms with Gasteiger partial charge in [-0.15, -0.1) is 11.3 Å². The minimum absolute atomic E-state index is 0.0408. The van der Waals surface area contributed by atoms with Crippen LogP contribution in [0.4, 0.5) is 0 Å². The number of nitrogens with zero attached hydrogens (tertiary/aromatic N) is 3. The highest BCUT2D eigenvalue weighted by atomic mass is 32.1. The molecule has 1 fully saturated rings. The summed E-state index contributed by atoms with van der Waals surface area (Å²) in [6.45, 7) is 7.59. The van der Waals surface area contributed by atoms with E-state index in [9.17, 15) is 9.59 Å². The maximum Gasteiger partial charge on any atom is 0.310 e. The number of carbonyl (C=O) groups excluding carboxylic acids is 2. The third-order valence-electron chi connectivity index (χ3n) is 5.28. The van der Waals surface area contributed by atoms with E-state index in [0.29, 0.717) is 25.6 Å². The Balaban J connectivity index is 1.62. The normalized spacial score (nSPS) is 22.6. The van der Waals surface area contributed by atoms with E-state index >= 15 is 0 Å². The van der Waals surface area contributed by atoms with E-state index in [1.54, 1.807) is 11.3 Å². The molecule has 2 atom stereocenters. The van der Waals surface area contributed by atoms with Crippen LogP contribution in [0.5, 0.6) is 0 Å². The number of fused-ring (bicyclic) bond motifs is 1. The van der Waals surface area contributed by atoms with Crippen LogP contribution < -0.4 is 5.32 Å². The van der Waals surface area contributed by atoms with E-state index in [1.807, 2.05) is 18.7 Å². The first kappa shape index (κ1) is 19.7. The first-order chi connectivity index (χ1) is 13.0. The van der Waals surface area contributed by atoms with Gasteiger partial charge in [-0.2, -0.15) is 0 Å². The van der Waals surface area contributed by atoms with Crippen LogP contribution in [0.1, 0.15) is 24.3 Å². The second-order valence-corrected chi connectivity index (χ2v) is 8.12. The molecule has 0 bridgehead atoms. The maximum atomic E-state index is 12.6. The molecule has 0 aromatic carbocycles. The van der Waals surface area contributed by atoms with Crippen LogP contribution in [-0.4, -0.2) is 67.5 Å². The quantitative estimate of drug-likeness (QED) is 0.476. The summed E-state index contributed by atoms with van der Waals surface area (Å²) in [6.07, 6.45) is 0.924. The van der Waals surface area contributed by atoms with Crippen LogP contribution in [-0.2, 0) is 27.3 Å². The molecule has 8 heteroatoms. The van der Waals surface area contributed by atoms with Crippen LogP contribution >= 0.6 is 11.3 Å². The minimum atomic E-state index is -0.184. The number of likely N-dealkylation sites (tertiary alicyclic amines) is 1. The number of esters is 1. The Labute approximate surface area is 164 Å². The van der Waals surface area contributed by atoms with E-state index in [2.05, 4.69) is 26.7 Å². The second kappa shape index (κ2) is 8.73. The Bertz CT molecular complexity index is 718. The van der Waals surface area contributed by atoms with Gasteiger partial charge in [-0.1, -0.05) is 6.92 Å². The summed E-state index contributed by atoms with van der Waals surface area (Å²) in [5.41, 5.74) is 1.25. The van der Waals surface area contributed by atoms with Crippen molar-refractivity contribution in [2.45, 2.75) is 26.8 Å². The number of aliphatic imine (C=N–C) groups is 1. The van der Waals surface area contributed by atoms with Crippen molar-refractivity contribution in [3.05, 3.63) is 21.9 Å². The number of methoxy groups -OCH3 is 1. The van der Waals surface area contributed by atoms with Gasteiger partial charge in [0, 0.05) is 37.6 Å². The molecule has 3 rings (SSSR count). The van der Waals surface area contributed by atoms with Gasteiger partial charge < -0.3 is 19.9 Å². The molecule has 1 N–H and O–H groups in total. The van der Waals surface area contributed by atoms with E-state index < -0.39 is 0 Å². The van der Waals surface area contributed by atoms with Crippen molar-refractivity contribution >= 4 is 29.2 Å². The number of amides is 1. The molecule has 0 saturated carbocycles. The van der Waals surface area contributed by atoms with Crippen molar-refractivity contribution in [3.63, 3.8) is 0 Å². The van der Waals surface area contributed by atoms with E-state index in [4.69, 9.17) is 4.74 Å². The van der Waals surface area contributed by atoms with Crippen molar-refractivity contribution in [2.75, 3.05) is 39.8 Å². The Morgan fingerprint density at radius 3 is 2.93 bits per heavy atom. The lowest BCUT2D eigenvalue weighted by Gasteiger charge is -2.27. The largest absolute Gasteiger partial charge is 0.469 e. The zero-order chi connectivity index (χ0) is 19.4. The van der Waals surface area contributed by atoms with Crippen molar-refractivity contribution in [1.82, 2.24) is 15.1 Å². The third kappa shape index (κ3) is 4.43. The summed E-state index contributed by atoms with van der Waals surface area (Å²) < 4.78 is 4.91. The predicted molar refractivity (Wildman–Crippen MR) is 106 cm³/mol. The van der Waals surface area contributed by atoms with E-state index in [1.165, 1.54) is 17.6 Å². The molecule has 3 heterocycles. The van der Waals surface area contributed by atoms with Crippen LogP contribution in [0.15, 0.2) is 16.4 Å². The number of hydrogen-bond acceptors (Lipinski definition) is 5. The lowest BCUT2D eigenvalue weighted by atomic mass is 9.99. The summed E-state index contributed by atoms with van der Waals surface area (Å²) in [5, 5.41) is 5.34. The number of ether oxygens (including phenoxy) is 1. The van der Waals surface area contributed by atoms with Gasteiger partial charge in [0.2, 0.25) is 5.91 Å². The average molecular weight is 393 g/mol. The molecule has 7 nitrogen and oxygen atoms in total. The van der Waals surface area contributed by atoms with Gasteiger partial charge in [-0.25, -0.2) is 4.99 Å². The molecule has 27 heavy (non-hydrogen) atoms. The van der Waals surface area contributed by atoms with Crippen molar-refractivity contribution in [3.8, 4) is 0 Å². The predicted octanol–water partition coefficient (Wildman–Crippen LogP) is 1.34. The molecule has 0 aliphatic carbocycles. The second-order valence-electron chi connectivity index (χ2n) is 7.12. The maximum absolute atomic E-state index is 12.6. The molecule has 1 saturated heterocycles. The van der Waals surface area contributed by atoms with Crippen molar-refractivity contribution < 1.29 is 14.3 Å². The van der Waals surface area contributed by atoms with Gasteiger partial charge in [0.05, 0.1) is 13.0 Å². The van der Waals surface area contributed by atoms with Gasteiger partial charge in [0.1, 0.15) is 6.54 Å². The molecule has 0 spiro atoms. The van der Waals surface area contributed by atoms with Gasteiger partial charge >= 0.3 is 5.97 Å². The van der Waals surface area contributed by atoms with E-state index in [0.717, 1.165) is 19.5 Å². The van der Waals surface area contributed by atoms with Crippen LogP contribution in [0.3, 0.4) is 0 Å². The summed E-state index contributed by atoms with van der Waals surface area (Å²) in [6, 6.07) is 2.10. The summed E-state index contributed by atoms with van der Waals surface area (Å²) in [7, 11) is 1.42. The number of rotatable bonds is 4. The molecule has 2 unspecified atom stereocenters. The monoisotopic (exact) mass is 392 g/mol. The average Bonchev–Trinajstić information content (AvgIpc) is 3.29. The molecule has 148 valence electrons. The highest BCUT2D eigenvalue weighted by molar-refractivity contribution is 7.10. The Hall–Kier alpha value is -2.09. The number of guanidine groups is 1. The summed E-state index contributed by atoms with van der Waals surface area (Å²) in [5.74, 6) is 0.581. The standard InChI is InChI=1S/C19H28N4O3S/c1-4-20-19(23-10-13(2)15(12-23)18(25)26-3)21-9-17(24)22-7-5-16-14(11-22)6-8-27-16/h6,8,13,15H,4-5,7,9-12H2,1-3H3,(H,20,21). The minimum Gasteiger partial charge on any atom is -0.469 e. The Morgan fingerprint density at radius 2 is 2.19 bits per heavy atom. The Morgan fingerprint density at radius 1 is 1.37 bits per heavy atom. The van der Waals surface area contributed by atoms with Crippen LogP contribution in [0.25, 0.3) is 0 Å². The summed E-state index contributed by atoms with van der Waals surface area (Å²) in [4.78, 5) is 34.4. The SMILES string of the molecule is CCNC(=NCC(=O)N1CCc2sccc2C1)N1CC(C)C(C(=O)OC)C1. The van der Waals surface area contributed by atoms with Gasteiger partial charge in [-0.3, -0.25) is 9.59 Å². The topological polar surface area (TPSA) is 74.2 Å². The number of thiophene rings is 1. The molecule has 2 aliphatic heterocycles. The van der Waals surface area contributed by atoms with E-state index in [-0.39, 0.29) is 30.3 Å². The molecule has 1 aromatic rings. The fraction of sp³-hybridized carbons (Fsp3) is 0.632. The zero-order valence-corrected chi connectivity index (χ0v) is 17.1. The highest BCUT2D eigenvalue weighted by Crippen LogP contribution is 2.25. The number of hydrogen-bond donors (Lipinski definition) is 1. The molecule has 1 aromatic heterocycles. The lowest BCUT2D eigenvalue weighted by molar-refractivity contribution is -0.146. The fourth-order valence-electron chi connectivity index (χ4n) is 3.73. The first-order valence-electron chi connectivity index (χ1n) is 9.47. The first-order valence-corrected chi connectivity index (χ1v) is 10.4. The fourth-order valence-corrected chi connectivity index (χ4v) is 4.62. The van der Waals surface area contributed by atoms with Gasteiger partial charge in [0.15, 0.2) is 5.96 Å². The van der Waals surface area contributed by atoms with Crippen LogP contribution in [0, 0.1) is 11.8 Å². The lowest BCUT2D eigenvalue weighted by Crippen LogP contribution is -2.42. The molecule has 2 aliphatic rings.